The van der Waals surface area contributed by atoms with Crippen LogP contribution in [-0.4, -0.2) is 33.9 Å². The van der Waals surface area contributed by atoms with Gasteiger partial charge in [-0.15, -0.1) is 0 Å². The molecule has 1 aromatic heterocycles. The molecule has 4 N–H and O–H groups in total. The van der Waals surface area contributed by atoms with Crippen LogP contribution >= 0.6 is 0 Å². The molecule has 2 atom stereocenters. The first-order valence-corrected chi connectivity index (χ1v) is 9.35. The van der Waals surface area contributed by atoms with Gasteiger partial charge in [0.25, 0.3) is 5.91 Å². The minimum Gasteiger partial charge on any atom is -0.396 e. The lowest BCUT2D eigenvalue weighted by Crippen LogP contribution is -2.38. The predicted molar refractivity (Wildman–Crippen MR) is 110 cm³/mol. The fourth-order valence-electron chi connectivity index (χ4n) is 3.05. The van der Waals surface area contributed by atoms with Crippen molar-refractivity contribution in [3.63, 3.8) is 0 Å². The number of aliphatic hydroxyl groups excluding tert-OH is 2. The van der Waals surface area contributed by atoms with E-state index in [4.69, 9.17) is 5.11 Å². The van der Waals surface area contributed by atoms with E-state index in [1.54, 1.807) is 18.2 Å². The van der Waals surface area contributed by atoms with Gasteiger partial charge >= 0.3 is 0 Å². The zero-order valence-electron chi connectivity index (χ0n) is 15.8. The number of rotatable bonds is 6. The zero-order valence-corrected chi connectivity index (χ0v) is 15.8. The Morgan fingerprint density at radius 2 is 2.04 bits per heavy atom. The van der Waals surface area contributed by atoms with Crippen molar-refractivity contribution >= 4 is 16.8 Å². The van der Waals surface area contributed by atoms with E-state index in [1.807, 2.05) is 43.5 Å². The predicted octanol–water partition coefficient (Wildman–Crippen LogP) is 3.14. The highest BCUT2D eigenvalue weighted by Crippen LogP contribution is 2.27. The minimum atomic E-state index is -1.02. The van der Waals surface area contributed by atoms with Crippen LogP contribution in [0.1, 0.15) is 47.2 Å². The highest BCUT2D eigenvalue weighted by atomic mass is 16.3. The number of nitrogens with one attached hydrogen (secondary N) is 2. The molecule has 3 rings (SSSR count). The molecule has 3 aromatic rings. The molecule has 0 aliphatic heterocycles. The number of benzene rings is 2. The first-order chi connectivity index (χ1) is 13.6. The molecule has 0 aliphatic rings. The summed E-state index contributed by atoms with van der Waals surface area (Å²) in [5.74, 6) is 5.33. The summed E-state index contributed by atoms with van der Waals surface area (Å²) in [4.78, 5) is 15.8. The van der Waals surface area contributed by atoms with E-state index in [-0.39, 0.29) is 18.4 Å². The molecular weight excluding hydrogens is 352 g/mol. The van der Waals surface area contributed by atoms with E-state index in [9.17, 15) is 9.90 Å². The van der Waals surface area contributed by atoms with Crippen molar-refractivity contribution in [1.82, 2.24) is 10.3 Å². The number of aromatic amines is 1. The number of carbonyl (C=O) groups is 1. The van der Waals surface area contributed by atoms with Gasteiger partial charge in [0, 0.05) is 47.2 Å². The van der Waals surface area contributed by atoms with Crippen molar-refractivity contribution in [1.29, 1.82) is 0 Å². The average Bonchev–Trinajstić information content (AvgIpc) is 3.15. The van der Waals surface area contributed by atoms with E-state index < -0.39 is 6.23 Å². The van der Waals surface area contributed by atoms with Crippen molar-refractivity contribution < 1.29 is 15.0 Å². The number of amides is 1. The summed E-state index contributed by atoms with van der Waals surface area (Å²) in [5.41, 5.74) is 3.12. The van der Waals surface area contributed by atoms with Gasteiger partial charge in [0.15, 0.2) is 0 Å². The Balaban J connectivity index is 1.69. The summed E-state index contributed by atoms with van der Waals surface area (Å²) in [6.45, 7) is 1.99. The highest BCUT2D eigenvalue weighted by Gasteiger charge is 2.21. The van der Waals surface area contributed by atoms with Crippen LogP contribution in [0.15, 0.2) is 54.7 Å². The number of H-pyrrole nitrogens is 1. The number of aliphatic hydroxyl groups is 2. The molecule has 28 heavy (non-hydrogen) atoms. The molecule has 0 saturated heterocycles. The standard InChI is InChI=1S/C23H24N2O3/c1-16(20-15-24-21-12-5-4-11-19(20)21)22(27)25-23(28)18-10-7-9-17(14-18)8-3-2-6-13-26/h4-5,7,9-12,14-16,22,24,26-27H,2,6,13H2,1H3,(H,25,28)/t16?,22-/m1/s1. The lowest BCUT2D eigenvalue weighted by molar-refractivity contribution is 0.0728. The summed E-state index contributed by atoms with van der Waals surface area (Å²) < 4.78 is 0. The molecule has 0 aliphatic carbocycles. The monoisotopic (exact) mass is 376 g/mol. The topological polar surface area (TPSA) is 85.4 Å². The van der Waals surface area contributed by atoms with Gasteiger partial charge in [0.1, 0.15) is 6.23 Å². The van der Waals surface area contributed by atoms with Crippen LogP contribution in [0.2, 0.25) is 0 Å². The summed E-state index contributed by atoms with van der Waals surface area (Å²) in [6.07, 6.45) is 2.08. The van der Waals surface area contributed by atoms with Crippen LogP contribution in [0.25, 0.3) is 10.9 Å². The lowest BCUT2D eigenvalue weighted by Gasteiger charge is -2.20. The summed E-state index contributed by atoms with van der Waals surface area (Å²) >= 11 is 0. The quantitative estimate of drug-likeness (QED) is 0.303. The molecule has 0 fully saturated rings. The van der Waals surface area contributed by atoms with E-state index in [1.165, 1.54) is 0 Å². The normalized spacial score (nSPS) is 12.8. The van der Waals surface area contributed by atoms with Crippen LogP contribution in [0.5, 0.6) is 0 Å². The molecule has 5 heteroatoms. The molecule has 0 bridgehead atoms. The van der Waals surface area contributed by atoms with Gasteiger partial charge in [-0.25, -0.2) is 0 Å². The number of carbonyl (C=O) groups excluding carboxylic acids is 1. The fourth-order valence-corrected chi connectivity index (χ4v) is 3.05. The zero-order chi connectivity index (χ0) is 19.9. The third-order valence-corrected chi connectivity index (χ3v) is 4.68. The van der Waals surface area contributed by atoms with Gasteiger partial charge in [-0.1, -0.05) is 43.0 Å². The van der Waals surface area contributed by atoms with Crippen molar-refractivity contribution in [3.8, 4) is 11.8 Å². The van der Waals surface area contributed by atoms with E-state index in [0.29, 0.717) is 18.4 Å². The molecule has 0 saturated carbocycles. The van der Waals surface area contributed by atoms with Gasteiger partial charge < -0.3 is 20.5 Å². The molecule has 2 aromatic carbocycles. The SMILES string of the molecule is CC(c1c[nH]c2ccccc12)[C@@H](O)NC(=O)c1cccc(C#CCCCO)c1. The lowest BCUT2D eigenvalue weighted by atomic mass is 9.98. The maximum Gasteiger partial charge on any atom is 0.253 e. The number of fused-ring (bicyclic) bond motifs is 1. The van der Waals surface area contributed by atoms with Gasteiger partial charge in [-0.3, -0.25) is 4.79 Å². The second kappa shape index (κ2) is 9.23. The maximum atomic E-state index is 12.6. The second-order valence-electron chi connectivity index (χ2n) is 6.71. The Morgan fingerprint density at radius 3 is 2.86 bits per heavy atom. The molecule has 1 heterocycles. The van der Waals surface area contributed by atoms with Crippen LogP contribution in [-0.2, 0) is 0 Å². The van der Waals surface area contributed by atoms with Crippen molar-refractivity contribution in [3.05, 3.63) is 71.4 Å². The first-order valence-electron chi connectivity index (χ1n) is 9.35. The largest absolute Gasteiger partial charge is 0.396 e. The Bertz CT molecular complexity index is 1010. The highest BCUT2D eigenvalue weighted by molar-refractivity contribution is 5.94. The second-order valence-corrected chi connectivity index (χ2v) is 6.71. The molecule has 1 amide bonds. The van der Waals surface area contributed by atoms with Crippen LogP contribution in [0.3, 0.4) is 0 Å². The first kappa shape index (κ1) is 19.7. The number of para-hydroxylation sites is 1. The summed E-state index contributed by atoms with van der Waals surface area (Å²) in [6, 6.07) is 14.8. The molecule has 5 nitrogen and oxygen atoms in total. The molecule has 0 radical (unpaired) electrons. The fraction of sp³-hybridized carbons (Fsp3) is 0.261. The van der Waals surface area contributed by atoms with Gasteiger partial charge in [-0.05, 0) is 36.2 Å². The molecule has 0 spiro atoms. The van der Waals surface area contributed by atoms with Gasteiger partial charge in [0.2, 0.25) is 0 Å². The van der Waals surface area contributed by atoms with E-state index >= 15 is 0 Å². The molecule has 144 valence electrons. The number of unbranched alkanes of at least 4 members (excludes halogenated alkanes) is 1. The van der Waals surface area contributed by atoms with Crippen molar-refractivity contribution in [2.75, 3.05) is 6.61 Å². The number of hydrogen-bond donors (Lipinski definition) is 4. The van der Waals surface area contributed by atoms with Gasteiger partial charge in [-0.2, -0.15) is 0 Å². The van der Waals surface area contributed by atoms with Crippen LogP contribution < -0.4 is 5.32 Å². The van der Waals surface area contributed by atoms with Gasteiger partial charge in [0.05, 0.1) is 0 Å². The third kappa shape index (κ3) is 4.61. The average molecular weight is 376 g/mol. The van der Waals surface area contributed by atoms with Crippen molar-refractivity contribution in [2.24, 2.45) is 0 Å². The van der Waals surface area contributed by atoms with Crippen LogP contribution in [0, 0.1) is 11.8 Å². The van der Waals surface area contributed by atoms with Crippen LogP contribution in [0.4, 0.5) is 0 Å². The number of aromatic nitrogens is 1. The van der Waals surface area contributed by atoms with E-state index in [2.05, 4.69) is 22.1 Å². The van der Waals surface area contributed by atoms with E-state index in [0.717, 1.165) is 22.0 Å². The minimum absolute atomic E-state index is 0.115. The smallest absolute Gasteiger partial charge is 0.253 e. The molecular formula is C23H24N2O3. The Hall–Kier alpha value is -3.07. The maximum absolute atomic E-state index is 12.6. The molecule has 1 unspecified atom stereocenters. The third-order valence-electron chi connectivity index (χ3n) is 4.68. The Kier molecular flexibility index (Phi) is 6.49. The summed E-state index contributed by atoms with van der Waals surface area (Å²) in [7, 11) is 0. The summed E-state index contributed by atoms with van der Waals surface area (Å²) in [5, 5.41) is 23.0. The Labute approximate surface area is 164 Å². The van der Waals surface area contributed by atoms with Crippen molar-refractivity contribution in [2.45, 2.75) is 31.9 Å². The number of hydrogen-bond acceptors (Lipinski definition) is 3. The Morgan fingerprint density at radius 1 is 1.21 bits per heavy atom.